The van der Waals surface area contributed by atoms with Gasteiger partial charge in [0.1, 0.15) is 11.6 Å². The van der Waals surface area contributed by atoms with Crippen molar-refractivity contribution in [1.29, 1.82) is 0 Å². The molecule has 0 unspecified atom stereocenters. The topological polar surface area (TPSA) is 49.3 Å². The fourth-order valence-electron chi connectivity index (χ4n) is 1.46. The van der Waals surface area contributed by atoms with Gasteiger partial charge in [0.05, 0.1) is 10.6 Å². The Bertz CT molecular complexity index is 649. The minimum atomic E-state index is -0.434. The number of phenolic OH excluding ortho intramolecular Hbond substituents is 1. The van der Waals surface area contributed by atoms with E-state index in [1.807, 2.05) is 0 Å². The molecule has 19 heavy (non-hydrogen) atoms. The number of benzene rings is 2. The molecule has 0 radical (unpaired) electrons. The maximum atomic E-state index is 12.9. The summed E-state index contributed by atoms with van der Waals surface area (Å²) >= 11 is 8.86. The van der Waals surface area contributed by atoms with Crippen molar-refractivity contribution in [3.05, 3.63) is 57.3 Å². The third-order valence-corrected chi connectivity index (χ3v) is 3.34. The molecule has 2 N–H and O–H groups in total. The summed E-state index contributed by atoms with van der Waals surface area (Å²) in [7, 11) is 0. The average Bonchev–Trinajstić information content (AvgIpc) is 2.33. The predicted molar refractivity (Wildman–Crippen MR) is 75.2 cm³/mol. The molecule has 3 nitrogen and oxygen atoms in total. The fourth-order valence-corrected chi connectivity index (χ4v) is 2.17. The molecular weight excluding hydrogens is 337 g/mol. The normalized spacial score (nSPS) is 10.3. The van der Waals surface area contributed by atoms with Gasteiger partial charge in [-0.05, 0) is 52.3 Å². The summed E-state index contributed by atoms with van der Waals surface area (Å²) in [6, 6.07) is 8.08. The van der Waals surface area contributed by atoms with Crippen LogP contribution in [-0.2, 0) is 0 Å². The Morgan fingerprint density at radius 2 is 2.00 bits per heavy atom. The van der Waals surface area contributed by atoms with E-state index < -0.39 is 11.7 Å². The second kappa shape index (κ2) is 5.59. The number of amides is 1. The van der Waals surface area contributed by atoms with Gasteiger partial charge in [0.15, 0.2) is 0 Å². The predicted octanol–water partition coefficient (Wildman–Crippen LogP) is 4.20. The molecule has 2 aromatic rings. The lowest BCUT2D eigenvalue weighted by Crippen LogP contribution is -2.12. The highest BCUT2D eigenvalue weighted by molar-refractivity contribution is 9.10. The Morgan fingerprint density at radius 3 is 2.63 bits per heavy atom. The van der Waals surface area contributed by atoms with Gasteiger partial charge in [0, 0.05) is 10.2 Å². The van der Waals surface area contributed by atoms with Crippen molar-refractivity contribution in [1.82, 2.24) is 0 Å². The van der Waals surface area contributed by atoms with Gasteiger partial charge in [-0.1, -0.05) is 11.6 Å². The Balaban J connectivity index is 2.23. The number of hydrogen-bond acceptors (Lipinski definition) is 2. The van der Waals surface area contributed by atoms with Crippen molar-refractivity contribution in [2.24, 2.45) is 0 Å². The van der Waals surface area contributed by atoms with Crippen LogP contribution in [0.4, 0.5) is 10.1 Å². The molecule has 0 aromatic heterocycles. The van der Waals surface area contributed by atoms with Crippen molar-refractivity contribution < 1.29 is 14.3 Å². The first kappa shape index (κ1) is 13.8. The van der Waals surface area contributed by atoms with Crippen LogP contribution in [0.2, 0.25) is 5.02 Å². The lowest BCUT2D eigenvalue weighted by Gasteiger charge is -2.08. The monoisotopic (exact) mass is 343 g/mol. The van der Waals surface area contributed by atoms with Crippen molar-refractivity contribution >= 4 is 39.1 Å². The largest absolute Gasteiger partial charge is 0.506 e. The summed E-state index contributed by atoms with van der Waals surface area (Å²) in [6.45, 7) is 0. The van der Waals surface area contributed by atoms with Gasteiger partial charge in [-0.2, -0.15) is 0 Å². The molecule has 0 spiro atoms. The fraction of sp³-hybridized carbons (Fsp3) is 0. The van der Waals surface area contributed by atoms with Crippen LogP contribution in [0.1, 0.15) is 10.4 Å². The minimum Gasteiger partial charge on any atom is -0.506 e. The van der Waals surface area contributed by atoms with Crippen molar-refractivity contribution in [3.63, 3.8) is 0 Å². The first-order valence-corrected chi connectivity index (χ1v) is 6.39. The van der Waals surface area contributed by atoms with Crippen molar-refractivity contribution in [2.75, 3.05) is 5.32 Å². The summed E-state index contributed by atoms with van der Waals surface area (Å²) in [5, 5.41) is 12.0. The van der Waals surface area contributed by atoms with Crippen LogP contribution in [0.5, 0.6) is 5.75 Å². The average molecular weight is 345 g/mol. The number of rotatable bonds is 2. The van der Waals surface area contributed by atoms with E-state index in [1.165, 1.54) is 36.4 Å². The minimum absolute atomic E-state index is 0.0670. The van der Waals surface area contributed by atoms with Gasteiger partial charge < -0.3 is 10.4 Å². The molecule has 6 heteroatoms. The maximum Gasteiger partial charge on any atom is 0.256 e. The van der Waals surface area contributed by atoms with Gasteiger partial charge in [-0.25, -0.2) is 4.39 Å². The molecule has 0 heterocycles. The molecular formula is C13H8BrClFNO2. The Hall–Kier alpha value is -1.59. The van der Waals surface area contributed by atoms with Gasteiger partial charge in [-0.3, -0.25) is 4.79 Å². The Kier molecular flexibility index (Phi) is 4.07. The standard InChI is InChI=1S/C13H8BrClFNO2/c14-10-5-7(16)1-3-9(10)13(19)17-8-2-4-12(18)11(15)6-8/h1-6,18H,(H,17,19). The van der Waals surface area contributed by atoms with Crippen LogP contribution in [0, 0.1) is 5.82 Å². The Labute approximate surface area is 122 Å². The molecule has 0 aliphatic rings. The second-order valence-electron chi connectivity index (χ2n) is 3.74. The summed E-state index contributed by atoms with van der Waals surface area (Å²) in [5.74, 6) is -0.910. The molecule has 1 amide bonds. The highest BCUT2D eigenvalue weighted by atomic mass is 79.9. The van der Waals surface area contributed by atoms with Gasteiger partial charge in [0.25, 0.3) is 5.91 Å². The van der Waals surface area contributed by atoms with Crippen LogP contribution in [0.15, 0.2) is 40.9 Å². The number of halogens is 3. The van der Waals surface area contributed by atoms with Crippen molar-refractivity contribution in [2.45, 2.75) is 0 Å². The van der Waals surface area contributed by atoms with E-state index in [1.54, 1.807) is 0 Å². The van der Waals surface area contributed by atoms with Crippen LogP contribution in [0.25, 0.3) is 0 Å². The third kappa shape index (κ3) is 3.24. The number of carbonyl (C=O) groups excluding carboxylic acids is 1. The number of aromatic hydroxyl groups is 1. The molecule has 0 saturated heterocycles. The number of hydrogen-bond donors (Lipinski definition) is 2. The van der Waals surface area contributed by atoms with Gasteiger partial charge in [-0.15, -0.1) is 0 Å². The molecule has 0 bridgehead atoms. The number of carbonyl (C=O) groups is 1. The van der Waals surface area contributed by atoms with E-state index in [-0.39, 0.29) is 10.8 Å². The van der Waals surface area contributed by atoms with E-state index in [9.17, 15) is 14.3 Å². The first-order valence-electron chi connectivity index (χ1n) is 5.22. The SMILES string of the molecule is O=C(Nc1ccc(O)c(Cl)c1)c1ccc(F)cc1Br. The van der Waals surface area contributed by atoms with Crippen molar-refractivity contribution in [3.8, 4) is 5.75 Å². The van der Waals surface area contributed by atoms with Gasteiger partial charge in [0.2, 0.25) is 0 Å². The summed E-state index contributed by atoms with van der Waals surface area (Å²) in [4.78, 5) is 12.0. The zero-order valence-electron chi connectivity index (χ0n) is 9.45. The third-order valence-electron chi connectivity index (χ3n) is 2.38. The zero-order valence-corrected chi connectivity index (χ0v) is 11.8. The van der Waals surface area contributed by atoms with Crippen LogP contribution in [-0.4, -0.2) is 11.0 Å². The molecule has 0 saturated carbocycles. The summed E-state index contributed by atoms with van der Waals surface area (Å²) < 4.78 is 13.3. The Morgan fingerprint density at radius 1 is 1.26 bits per heavy atom. The highest BCUT2D eigenvalue weighted by Crippen LogP contribution is 2.27. The molecule has 0 aliphatic heterocycles. The molecule has 2 aromatic carbocycles. The maximum absolute atomic E-state index is 12.9. The molecule has 0 aliphatic carbocycles. The smallest absolute Gasteiger partial charge is 0.256 e. The number of anilines is 1. The molecule has 98 valence electrons. The van der Waals surface area contributed by atoms with Crippen LogP contribution in [0.3, 0.4) is 0 Å². The summed E-state index contributed by atoms with van der Waals surface area (Å²) in [5.41, 5.74) is 0.731. The van der Waals surface area contributed by atoms with E-state index >= 15 is 0 Å². The second-order valence-corrected chi connectivity index (χ2v) is 5.01. The summed E-state index contributed by atoms with van der Waals surface area (Å²) in [6.07, 6.45) is 0. The molecule has 0 fully saturated rings. The van der Waals surface area contributed by atoms with Crippen LogP contribution < -0.4 is 5.32 Å². The van der Waals surface area contributed by atoms with E-state index in [0.717, 1.165) is 0 Å². The van der Waals surface area contributed by atoms with Gasteiger partial charge >= 0.3 is 0 Å². The highest BCUT2D eigenvalue weighted by Gasteiger charge is 2.11. The number of phenols is 1. The lowest BCUT2D eigenvalue weighted by atomic mass is 10.2. The van der Waals surface area contributed by atoms with E-state index in [2.05, 4.69) is 21.2 Å². The van der Waals surface area contributed by atoms with Crippen LogP contribution >= 0.6 is 27.5 Å². The van der Waals surface area contributed by atoms with E-state index in [4.69, 9.17) is 11.6 Å². The quantitative estimate of drug-likeness (QED) is 0.802. The lowest BCUT2D eigenvalue weighted by molar-refractivity contribution is 0.102. The first-order chi connectivity index (χ1) is 8.97. The van der Waals surface area contributed by atoms with E-state index in [0.29, 0.717) is 15.7 Å². The number of nitrogens with one attached hydrogen (secondary N) is 1. The molecule has 0 atom stereocenters. The molecule has 2 rings (SSSR count). The zero-order chi connectivity index (χ0) is 14.0.